The first-order valence-electron chi connectivity index (χ1n) is 15.2. The number of rotatable bonds is 10. The Morgan fingerprint density at radius 1 is 1.03 bits per heavy atom. The van der Waals surface area contributed by atoms with Crippen molar-refractivity contribution < 1.29 is 24.1 Å². The lowest BCUT2D eigenvalue weighted by Gasteiger charge is -2.47. The third-order valence-corrected chi connectivity index (χ3v) is 9.75. The molecule has 0 spiro atoms. The molecule has 5 fully saturated rings. The molecule has 3 aliphatic carbocycles. The monoisotopic (exact) mass is 514 g/mol. The normalized spacial score (nSPS) is 37.4. The van der Waals surface area contributed by atoms with Crippen LogP contribution in [0.1, 0.15) is 97.3 Å². The lowest BCUT2D eigenvalue weighted by molar-refractivity contribution is -0.209. The Bertz CT molecular complexity index is 811. The quantitative estimate of drug-likeness (QED) is 0.323. The summed E-state index contributed by atoms with van der Waals surface area (Å²) in [6.07, 6.45) is 24.2. The molecule has 2 aliphatic heterocycles. The number of hydrogen-bond donors (Lipinski definition) is 1. The van der Waals surface area contributed by atoms with Crippen LogP contribution in [-0.4, -0.2) is 49.7 Å². The molecule has 208 valence electrons. The number of ether oxygens (including phenoxy) is 4. The number of aliphatic hydroxyl groups excluding tert-OH is 1. The molecule has 0 radical (unpaired) electrons. The largest absolute Gasteiger partial charge is 0.392 e. The third-order valence-electron chi connectivity index (χ3n) is 9.75. The minimum Gasteiger partial charge on any atom is -0.392 e. The second-order valence-corrected chi connectivity index (χ2v) is 12.6. The Hall–Kier alpha value is -0.980. The molecule has 0 aromatic carbocycles. The van der Waals surface area contributed by atoms with Crippen LogP contribution in [0.2, 0.25) is 0 Å². The van der Waals surface area contributed by atoms with Crippen molar-refractivity contribution in [2.75, 3.05) is 19.8 Å². The second kappa shape index (κ2) is 12.9. The van der Waals surface area contributed by atoms with E-state index in [0.29, 0.717) is 17.8 Å². The van der Waals surface area contributed by atoms with Crippen LogP contribution in [0.15, 0.2) is 35.5 Å². The van der Waals surface area contributed by atoms with E-state index in [1.165, 1.54) is 43.3 Å². The smallest absolute Gasteiger partial charge is 0.158 e. The number of hydrogen-bond acceptors (Lipinski definition) is 5. The molecular weight excluding hydrogens is 464 g/mol. The summed E-state index contributed by atoms with van der Waals surface area (Å²) < 4.78 is 25.5. The van der Waals surface area contributed by atoms with Crippen molar-refractivity contribution in [1.82, 2.24) is 0 Å². The van der Waals surface area contributed by atoms with Crippen LogP contribution >= 0.6 is 0 Å². The Morgan fingerprint density at radius 3 is 2.41 bits per heavy atom. The number of allylic oxidation sites excluding steroid dienone is 3. The highest BCUT2D eigenvalue weighted by molar-refractivity contribution is 5.19. The minimum atomic E-state index is -0.0860. The van der Waals surface area contributed by atoms with Crippen LogP contribution in [0.5, 0.6) is 0 Å². The molecule has 0 bridgehead atoms. The SMILES string of the molecule is CC(C)=CCC1([C@@H](/C=C/[C@@H]2[C@H]3CC(=CCO)C[C@H]3C[C@H]2OC2CCCCO2)OC2CCCCO2)CCC1. The molecule has 3 saturated carbocycles. The molecule has 7 atom stereocenters. The Balaban J connectivity index is 1.36. The first kappa shape index (κ1) is 27.6. The summed E-state index contributed by atoms with van der Waals surface area (Å²) >= 11 is 0. The highest BCUT2D eigenvalue weighted by Gasteiger charge is 2.48. The fourth-order valence-corrected chi connectivity index (χ4v) is 7.45. The highest BCUT2D eigenvalue weighted by atomic mass is 16.7. The summed E-state index contributed by atoms with van der Waals surface area (Å²) in [6.45, 7) is 6.18. The summed E-state index contributed by atoms with van der Waals surface area (Å²) in [4.78, 5) is 0. The van der Waals surface area contributed by atoms with E-state index in [-0.39, 0.29) is 36.8 Å². The van der Waals surface area contributed by atoms with Gasteiger partial charge in [0.1, 0.15) is 0 Å². The van der Waals surface area contributed by atoms with Crippen LogP contribution in [0.25, 0.3) is 0 Å². The maximum absolute atomic E-state index is 9.50. The molecular formula is C32H50O5. The Kier molecular flexibility index (Phi) is 9.63. The van der Waals surface area contributed by atoms with Crippen molar-refractivity contribution in [1.29, 1.82) is 0 Å². The lowest BCUT2D eigenvalue weighted by Crippen LogP contribution is -2.44. The van der Waals surface area contributed by atoms with Gasteiger partial charge in [0.25, 0.3) is 0 Å². The van der Waals surface area contributed by atoms with Gasteiger partial charge in [-0.25, -0.2) is 0 Å². The zero-order valence-electron chi connectivity index (χ0n) is 23.2. The molecule has 2 heterocycles. The molecule has 37 heavy (non-hydrogen) atoms. The molecule has 5 aliphatic rings. The fraction of sp³-hybridized carbons (Fsp3) is 0.812. The topological polar surface area (TPSA) is 57.2 Å². The zero-order chi connectivity index (χ0) is 25.7. The van der Waals surface area contributed by atoms with E-state index in [4.69, 9.17) is 18.9 Å². The van der Waals surface area contributed by atoms with E-state index >= 15 is 0 Å². The van der Waals surface area contributed by atoms with Gasteiger partial charge in [0.2, 0.25) is 0 Å². The predicted molar refractivity (Wildman–Crippen MR) is 146 cm³/mol. The average molecular weight is 515 g/mol. The van der Waals surface area contributed by atoms with Gasteiger partial charge in [0, 0.05) is 24.5 Å². The number of aliphatic hydroxyl groups is 1. The summed E-state index contributed by atoms with van der Waals surface area (Å²) in [5.74, 6) is 1.56. The van der Waals surface area contributed by atoms with Crippen molar-refractivity contribution >= 4 is 0 Å². The van der Waals surface area contributed by atoms with Gasteiger partial charge in [-0.1, -0.05) is 41.9 Å². The Morgan fingerprint density at radius 2 is 1.78 bits per heavy atom. The molecule has 5 heteroatoms. The average Bonchev–Trinajstić information content (AvgIpc) is 3.40. The van der Waals surface area contributed by atoms with Gasteiger partial charge in [-0.2, -0.15) is 0 Å². The summed E-state index contributed by atoms with van der Waals surface area (Å²) in [6, 6.07) is 0. The van der Waals surface area contributed by atoms with Gasteiger partial charge in [-0.15, -0.1) is 0 Å². The van der Waals surface area contributed by atoms with E-state index in [1.807, 2.05) is 6.08 Å². The molecule has 1 N–H and O–H groups in total. The van der Waals surface area contributed by atoms with Crippen LogP contribution < -0.4 is 0 Å². The molecule has 2 unspecified atom stereocenters. The van der Waals surface area contributed by atoms with Gasteiger partial charge >= 0.3 is 0 Å². The van der Waals surface area contributed by atoms with Gasteiger partial charge in [-0.05, 0) is 103 Å². The van der Waals surface area contributed by atoms with Crippen LogP contribution in [-0.2, 0) is 18.9 Å². The molecule has 5 nitrogen and oxygen atoms in total. The van der Waals surface area contributed by atoms with E-state index in [9.17, 15) is 5.11 Å². The molecule has 0 aromatic heterocycles. The van der Waals surface area contributed by atoms with Crippen molar-refractivity contribution in [3.05, 3.63) is 35.5 Å². The van der Waals surface area contributed by atoms with Gasteiger partial charge in [-0.3, -0.25) is 0 Å². The molecule has 5 rings (SSSR count). The van der Waals surface area contributed by atoms with Gasteiger partial charge < -0.3 is 24.1 Å². The van der Waals surface area contributed by atoms with E-state index in [2.05, 4.69) is 32.1 Å². The summed E-state index contributed by atoms with van der Waals surface area (Å²) in [7, 11) is 0. The Labute approximate surface area is 224 Å². The maximum Gasteiger partial charge on any atom is 0.158 e. The molecule has 0 aromatic rings. The lowest BCUT2D eigenvalue weighted by atomic mass is 9.62. The van der Waals surface area contributed by atoms with Crippen molar-refractivity contribution in [2.24, 2.45) is 23.2 Å². The van der Waals surface area contributed by atoms with Crippen molar-refractivity contribution in [3.63, 3.8) is 0 Å². The van der Waals surface area contributed by atoms with Crippen LogP contribution in [0.4, 0.5) is 0 Å². The molecule has 0 amide bonds. The minimum absolute atomic E-state index is 0.0562. The molecule has 2 saturated heterocycles. The summed E-state index contributed by atoms with van der Waals surface area (Å²) in [5, 5.41) is 9.50. The van der Waals surface area contributed by atoms with Crippen LogP contribution in [0.3, 0.4) is 0 Å². The first-order valence-corrected chi connectivity index (χ1v) is 15.2. The zero-order valence-corrected chi connectivity index (χ0v) is 23.2. The standard InChI is InChI=1S/C32H50O5/c1-23(2)12-16-32(14-7-15-32)29(37-31-9-4-6-19-35-31)11-10-26-27-21-24(13-17-33)20-25(27)22-28(26)36-30-8-3-5-18-34-30/h10-13,25-31,33H,3-9,14-22H2,1-2H3/b11-10+,24-13?/t25-,26+,27-,28+,29+,30?,31?/m0/s1. The second-order valence-electron chi connectivity index (χ2n) is 12.6. The van der Waals surface area contributed by atoms with E-state index in [0.717, 1.165) is 64.6 Å². The predicted octanol–water partition coefficient (Wildman–Crippen LogP) is 6.86. The van der Waals surface area contributed by atoms with Crippen molar-refractivity contribution in [3.8, 4) is 0 Å². The van der Waals surface area contributed by atoms with Crippen LogP contribution in [0, 0.1) is 23.2 Å². The van der Waals surface area contributed by atoms with Gasteiger partial charge in [0.05, 0.1) is 18.8 Å². The third kappa shape index (κ3) is 6.78. The summed E-state index contributed by atoms with van der Waals surface area (Å²) in [5.41, 5.74) is 2.98. The fourth-order valence-electron chi connectivity index (χ4n) is 7.45. The first-order chi connectivity index (χ1) is 18.1. The van der Waals surface area contributed by atoms with Gasteiger partial charge in [0.15, 0.2) is 12.6 Å². The number of fused-ring (bicyclic) bond motifs is 1. The van der Waals surface area contributed by atoms with Crippen molar-refractivity contribution in [2.45, 2.75) is 122 Å². The van der Waals surface area contributed by atoms with E-state index in [1.54, 1.807) is 0 Å². The maximum atomic E-state index is 9.50. The highest BCUT2D eigenvalue weighted by Crippen LogP contribution is 2.53. The van der Waals surface area contributed by atoms with E-state index < -0.39 is 0 Å².